The number of carbonyl (C=O) groups excluding carboxylic acids is 2. The third kappa shape index (κ3) is 6.90. The van der Waals surface area contributed by atoms with Crippen LogP contribution in [0.2, 0.25) is 0 Å². The Labute approximate surface area is 167 Å². The minimum absolute atomic E-state index is 0.0205. The molecule has 2 amide bonds. The van der Waals surface area contributed by atoms with Crippen molar-refractivity contribution in [1.29, 1.82) is 0 Å². The zero-order valence-corrected chi connectivity index (χ0v) is 16.4. The summed E-state index contributed by atoms with van der Waals surface area (Å²) < 4.78 is 40.0. The van der Waals surface area contributed by atoms with Crippen LogP contribution in [0.3, 0.4) is 0 Å². The zero-order chi connectivity index (χ0) is 21.4. The van der Waals surface area contributed by atoms with Crippen LogP contribution in [0.15, 0.2) is 36.4 Å². The van der Waals surface area contributed by atoms with Crippen molar-refractivity contribution in [3.05, 3.63) is 65.0 Å². The summed E-state index contributed by atoms with van der Waals surface area (Å²) in [5, 5.41) is 5.00. The van der Waals surface area contributed by atoms with Gasteiger partial charge in [0.05, 0.1) is 18.8 Å². The standard InChI is InChI=1S/C21H24F3N3O2/c1-3-10-27(12-18(28)25-11-15-6-4-14(2)5-7-15)13-19(29)26-17-9-8-16(22)20(23)21(17)24/h4-9H,3,10-13H2,1-2H3,(H,25,28)(H,26,29). The van der Waals surface area contributed by atoms with Crippen LogP contribution in [0, 0.1) is 24.4 Å². The summed E-state index contributed by atoms with van der Waals surface area (Å²) >= 11 is 0. The molecule has 0 unspecified atom stereocenters. The third-order valence-electron chi connectivity index (χ3n) is 4.19. The molecule has 0 atom stereocenters. The monoisotopic (exact) mass is 407 g/mol. The van der Waals surface area contributed by atoms with Gasteiger partial charge in [0.1, 0.15) is 0 Å². The molecule has 0 aliphatic rings. The predicted octanol–water partition coefficient (Wildman–Crippen LogP) is 3.38. The molecular weight excluding hydrogens is 383 g/mol. The van der Waals surface area contributed by atoms with Crippen molar-refractivity contribution < 1.29 is 22.8 Å². The van der Waals surface area contributed by atoms with Crippen LogP contribution >= 0.6 is 0 Å². The van der Waals surface area contributed by atoms with Crippen LogP contribution in [-0.4, -0.2) is 36.3 Å². The third-order valence-corrected chi connectivity index (χ3v) is 4.19. The average molecular weight is 407 g/mol. The number of hydrogen-bond donors (Lipinski definition) is 2. The largest absolute Gasteiger partial charge is 0.351 e. The van der Waals surface area contributed by atoms with Gasteiger partial charge in [-0.3, -0.25) is 14.5 Å². The molecule has 156 valence electrons. The minimum Gasteiger partial charge on any atom is -0.351 e. The van der Waals surface area contributed by atoms with Crippen molar-refractivity contribution >= 4 is 17.5 Å². The number of amides is 2. The zero-order valence-electron chi connectivity index (χ0n) is 16.4. The first kappa shape index (κ1) is 22.4. The van der Waals surface area contributed by atoms with Gasteiger partial charge in [0, 0.05) is 6.54 Å². The van der Waals surface area contributed by atoms with Crippen LogP contribution in [0.5, 0.6) is 0 Å². The summed E-state index contributed by atoms with van der Waals surface area (Å²) in [6, 6.07) is 9.42. The van der Waals surface area contributed by atoms with E-state index >= 15 is 0 Å². The number of aryl methyl sites for hydroxylation is 1. The summed E-state index contributed by atoms with van der Waals surface area (Å²) in [5.74, 6) is -5.33. The van der Waals surface area contributed by atoms with E-state index < -0.39 is 29.0 Å². The van der Waals surface area contributed by atoms with E-state index in [2.05, 4.69) is 10.6 Å². The lowest BCUT2D eigenvalue weighted by molar-refractivity contribution is -0.123. The van der Waals surface area contributed by atoms with E-state index in [4.69, 9.17) is 0 Å². The van der Waals surface area contributed by atoms with Crippen molar-refractivity contribution in [3.8, 4) is 0 Å². The minimum atomic E-state index is -1.65. The molecule has 0 saturated carbocycles. The number of rotatable bonds is 9. The normalized spacial score (nSPS) is 10.8. The molecule has 0 bridgehead atoms. The molecule has 0 aliphatic heterocycles. The maximum atomic E-state index is 13.7. The average Bonchev–Trinajstić information content (AvgIpc) is 2.68. The highest BCUT2D eigenvalue weighted by Gasteiger charge is 2.18. The molecule has 2 aromatic rings. The smallest absolute Gasteiger partial charge is 0.238 e. The van der Waals surface area contributed by atoms with E-state index in [-0.39, 0.29) is 19.0 Å². The van der Waals surface area contributed by atoms with Gasteiger partial charge in [-0.2, -0.15) is 0 Å². The van der Waals surface area contributed by atoms with Gasteiger partial charge in [-0.1, -0.05) is 36.8 Å². The van der Waals surface area contributed by atoms with Crippen molar-refractivity contribution in [3.63, 3.8) is 0 Å². The van der Waals surface area contributed by atoms with Gasteiger partial charge in [0.25, 0.3) is 0 Å². The molecule has 0 fully saturated rings. The van der Waals surface area contributed by atoms with E-state index in [1.807, 2.05) is 38.1 Å². The number of nitrogens with one attached hydrogen (secondary N) is 2. The Kier molecular flexibility index (Phi) is 8.21. The van der Waals surface area contributed by atoms with Crippen molar-refractivity contribution in [2.45, 2.75) is 26.8 Å². The lowest BCUT2D eigenvalue weighted by Crippen LogP contribution is -2.41. The number of nitrogens with zero attached hydrogens (tertiary/aromatic N) is 1. The summed E-state index contributed by atoms with van der Waals surface area (Å²) in [7, 11) is 0. The molecule has 5 nitrogen and oxygen atoms in total. The molecule has 0 aromatic heterocycles. The van der Waals surface area contributed by atoms with Gasteiger partial charge in [-0.25, -0.2) is 13.2 Å². The predicted molar refractivity (Wildman–Crippen MR) is 105 cm³/mol. The topological polar surface area (TPSA) is 61.4 Å². The van der Waals surface area contributed by atoms with Gasteiger partial charge in [0.2, 0.25) is 11.8 Å². The quantitative estimate of drug-likeness (QED) is 0.627. The Morgan fingerprint density at radius 2 is 1.59 bits per heavy atom. The second-order valence-corrected chi connectivity index (χ2v) is 6.74. The Bertz CT molecular complexity index is 857. The number of benzene rings is 2. The summed E-state index contributed by atoms with van der Waals surface area (Å²) in [5.41, 5.74) is 1.63. The number of carbonyl (C=O) groups is 2. The van der Waals surface area contributed by atoms with Crippen molar-refractivity contribution in [1.82, 2.24) is 10.2 Å². The van der Waals surface area contributed by atoms with E-state index in [9.17, 15) is 22.8 Å². The lowest BCUT2D eigenvalue weighted by Gasteiger charge is -2.20. The van der Waals surface area contributed by atoms with Crippen molar-refractivity contribution in [2.24, 2.45) is 0 Å². The Hall–Kier alpha value is -2.87. The molecule has 29 heavy (non-hydrogen) atoms. The number of anilines is 1. The highest BCUT2D eigenvalue weighted by molar-refractivity contribution is 5.92. The van der Waals surface area contributed by atoms with Gasteiger partial charge in [-0.15, -0.1) is 0 Å². The van der Waals surface area contributed by atoms with E-state index in [1.165, 1.54) is 0 Å². The molecule has 2 N–H and O–H groups in total. The molecule has 0 radical (unpaired) electrons. The Balaban J connectivity index is 1.89. The molecule has 8 heteroatoms. The highest BCUT2D eigenvalue weighted by Crippen LogP contribution is 2.19. The van der Waals surface area contributed by atoms with Crippen LogP contribution < -0.4 is 10.6 Å². The SMILES string of the molecule is CCCN(CC(=O)NCc1ccc(C)cc1)CC(=O)Nc1ccc(F)c(F)c1F. The van der Waals surface area contributed by atoms with E-state index in [1.54, 1.807) is 4.90 Å². The van der Waals surface area contributed by atoms with Gasteiger partial charge in [0.15, 0.2) is 17.5 Å². The summed E-state index contributed by atoms with van der Waals surface area (Å²) in [4.78, 5) is 26.0. The summed E-state index contributed by atoms with van der Waals surface area (Å²) in [6.45, 7) is 4.49. The fourth-order valence-corrected chi connectivity index (χ4v) is 2.71. The fraction of sp³-hybridized carbons (Fsp3) is 0.333. The molecule has 0 heterocycles. The number of hydrogen-bond acceptors (Lipinski definition) is 3. The fourth-order valence-electron chi connectivity index (χ4n) is 2.71. The second-order valence-electron chi connectivity index (χ2n) is 6.74. The van der Waals surface area contributed by atoms with Crippen LogP contribution in [0.1, 0.15) is 24.5 Å². The molecule has 0 saturated heterocycles. The highest BCUT2D eigenvalue weighted by atomic mass is 19.2. The van der Waals surface area contributed by atoms with E-state index in [0.29, 0.717) is 19.5 Å². The van der Waals surface area contributed by atoms with Crippen molar-refractivity contribution in [2.75, 3.05) is 25.0 Å². The van der Waals surface area contributed by atoms with Crippen LogP contribution in [0.25, 0.3) is 0 Å². The summed E-state index contributed by atoms with van der Waals surface area (Å²) in [6.07, 6.45) is 0.693. The van der Waals surface area contributed by atoms with Gasteiger partial charge < -0.3 is 10.6 Å². The van der Waals surface area contributed by atoms with E-state index in [0.717, 1.165) is 23.3 Å². The molecule has 2 aromatic carbocycles. The molecule has 0 aliphatic carbocycles. The molecule has 2 rings (SSSR count). The maximum Gasteiger partial charge on any atom is 0.238 e. The Morgan fingerprint density at radius 1 is 0.931 bits per heavy atom. The van der Waals surface area contributed by atoms with Gasteiger partial charge >= 0.3 is 0 Å². The first-order valence-electron chi connectivity index (χ1n) is 9.28. The molecular formula is C21H24F3N3O2. The first-order chi connectivity index (χ1) is 13.8. The van der Waals surface area contributed by atoms with Gasteiger partial charge in [-0.05, 0) is 37.6 Å². The van der Waals surface area contributed by atoms with Crippen LogP contribution in [-0.2, 0) is 16.1 Å². The molecule has 0 spiro atoms. The Morgan fingerprint density at radius 3 is 2.24 bits per heavy atom. The lowest BCUT2D eigenvalue weighted by atomic mass is 10.1. The maximum absolute atomic E-state index is 13.7. The second kappa shape index (κ2) is 10.6. The van der Waals surface area contributed by atoms with Crippen LogP contribution in [0.4, 0.5) is 18.9 Å². The number of halogens is 3. The first-order valence-corrected chi connectivity index (χ1v) is 9.28.